The van der Waals surface area contributed by atoms with E-state index in [4.69, 9.17) is 4.74 Å². The largest absolute Gasteiger partial charge is 0.504 e. The molecule has 0 radical (unpaired) electrons. The van der Waals surface area contributed by atoms with Gasteiger partial charge < -0.3 is 9.84 Å². The van der Waals surface area contributed by atoms with Crippen LogP contribution in [-0.2, 0) is 0 Å². The Balaban J connectivity index is 2.37. The van der Waals surface area contributed by atoms with Crippen LogP contribution < -0.4 is 10.2 Å². The van der Waals surface area contributed by atoms with Crippen LogP contribution in [0.3, 0.4) is 0 Å². The van der Waals surface area contributed by atoms with E-state index >= 15 is 0 Å². The van der Waals surface area contributed by atoms with Crippen LogP contribution in [-0.4, -0.2) is 23.4 Å². The summed E-state index contributed by atoms with van der Waals surface area (Å²) in [5, 5.41) is 25.1. The van der Waals surface area contributed by atoms with Crippen molar-refractivity contribution in [2.75, 3.05) is 12.5 Å². The van der Waals surface area contributed by atoms with Crippen LogP contribution in [0, 0.1) is 10.1 Å². The van der Waals surface area contributed by atoms with Crippen molar-refractivity contribution in [1.82, 2.24) is 0 Å². The van der Waals surface area contributed by atoms with E-state index in [1.54, 1.807) is 12.1 Å². The van der Waals surface area contributed by atoms with Crippen LogP contribution in [0.5, 0.6) is 11.5 Å². The maximum Gasteiger partial charge on any atom is 0.288 e. The fraction of sp³-hybridized carbons (Fsp3) is 0.0714. The summed E-state index contributed by atoms with van der Waals surface area (Å²) >= 11 is 3.11. The lowest BCUT2D eigenvalue weighted by molar-refractivity contribution is -0.385. The van der Waals surface area contributed by atoms with Gasteiger partial charge in [0.25, 0.3) is 5.69 Å². The minimum Gasteiger partial charge on any atom is -0.504 e. The van der Waals surface area contributed by atoms with Gasteiger partial charge in [-0.2, -0.15) is 5.10 Å². The molecule has 8 heteroatoms. The average molecular weight is 366 g/mol. The molecular formula is C14H12BrN3O4. The van der Waals surface area contributed by atoms with E-state index in [0.29, 0.717) is 0 Å². The van der Waals surface area contributed by atoms with Gasteiger partial charge in [-0.1, -0.05) is 18.2 Å². The van der Waals surface area contributed by atoms with E-state index in [2.05, 4.69) is 26.5 Å². The second kappa shape index (κ2) is 6.90. The lowest BCUT2D eigenvalue weighted by Gasteiger charge is -2.08. The predicted octanol–water partition coefficient (Wildman–Crippen LogP) is 3.52. The quantitative estimate of drug-likeness (QED) is 0.480. The molecule has 114 valence electrons. The lowest BCUT2D eigenvalue weighted by Crippen LogP contribution is -1.98. The first kappa shape index (κ1) is 15.8. The highest BCUT2D eigenvalue weighted by molar-refractivity contribution is 9.10. The van der Waals surface area contributed by atoms with Gasteiger partial charge in [0, 0.05) is 0 Å². The van der Waals surface area contributed by atoms with Gasteiger partial charge in [-0.15, -0.1) is 0 Å². The number of phenolic OH excluding ortho intramolecular Hbond substituents is 1. The molecule has 2 aromatic carbocycles. The van der Waals surface area contributed by atoms with Crippen LogP contribution in [0.2, 0.25) is 0 Å². The number of hydrazone groups is 1. The summed E-state index contributed by atoms with van der Waals surface area (Å²) in [4.78, 5) is 10.5. The Hall–Kier alpha value is -2.61. The fourth-order valence-electron chi connectivity index (χ4n) is 1.72. The first-order valence-electron chi connectivity index (χ1n) is 6.12. The zero-order valence-electron chi connectivity index (χ0n) is 11.5. The molecule has 0 atom stereocenters. The summed E-state index contributed by atoms with van der Waals surface area (Å²) in [6, 6.07) is 10.3. The maximum absolute atomic E-state index is 11.0. The molecule has 0 aliphatic carbocycles. The van der Waals surface area contributed by atoms with E-state index in [-0.39, 0.29) is 27.2 Å². The molecule has 0 spiro atoms. The zero-order valence-corrected chi connectivity index (χ0v) is 13.1. The molecule has 0 fully saturated rings. The van der Waals surface area contributed by atoms with Gasteiger partial charge in [-0.3, -0.25) is 15.5 Å². The highest BCUT2D eigenvalue weighted by Crippen LogP contribution is 2.40. The van der Waals surface area contributed by atoms with Crippen molar-refractivity contribution in [1.29, 1.82) is 0 Å². The van der Waals surface area contributed by atoms with E-state index in [0.717, 1.165) is 11.8 Å². The molecule has 0 bridgehead atoms. The number of hydrogen-bond donors (Lipinski definition) is 2. The molecule has 0 aromatic heterocycles. The molecular weight excluding hydrogens is 354 g/mol. The van der Waals surface area contributed by atoms with Gasteiger partial charge >= 0.3 is 0 Å². The van der Waals surface area contributed by atoms with Crippen LogP contribution in [0.25, 0.3) is 0 Å². The van der Waals surface area contributed by atoms with Gasteiger partial charge in [-0.05, 0) is 28.1 Å². The number of halogens is 1. The van der Waals surface area contributed by atoms with Crippen LogP contribution in [0.15, 0.2) is 46.0 Å². The second-order valence-corrected chi connectivity index (χ2v) is 4.96. The van der Waals surface area contributed by atoms with Gasteiger partial charge in [0.2, 0.25) is 0 Å². The molecule has 0 aliphatic heterocycles. The molecule has 0 heterocycles. The minimum atomic E-state index is -0.575. The van der Waals surface area contributed by atoms with Crippen molar-refractivity contribution in [2.45, 2.75) is 0 Å². The van der Waals surface area contributed by atoms with Gasteiger partial charge in [0.05, 0.1) is 35.6 Å². The Kier molecular flexibility index (Phi) is 4.95. The number of benzene rings is 2. The Morgan fingerprint density at radius 2 is 2.09 bits per heavy atom. The van der Waals surface area contributed by atoms with E-state index < -0.39 is 4.92 Å². The van der Waals surface area contributed by atoms with Crippen molar-refractivity contribution >= 4 is 33.5 Å². The SMILES string of the molecule is COc1cc([N+](=O)[O-])c(Br)c(C=NNc2ccccc2)c1O. The molecule has 0 saturated heterocycles. The third kappa shape index (κ3) is 3.34. The number of nitrogens with zero attached hydrogens (tertiary/aromatic N) is 2. The summed E-state index contributed by atoms with van der Waals surface area (Å²) in [6.07, 6.45) is 1.28. The molecule has 0 unspecified atom stereocenters. The summed E-state index contributed by atoms with van der Waals surface area (Å²) in [5.74, 6) is -0.241. The van der Waals surface area contributed by atoms with Crippen LogP contribution in [0.1, 0.15) is 5.56 Å². The van der Waals surface area contributed by atoms with Crippen LogP contribution >= 0.6 is 15.9 Å². The summed E-state index contributed by atoms with van der Waals surface area (Å²) in [7, 11) is 1.32. The number of phenols is 1. The summed E-state index contributed by atoms with van der Waals surface area (Å²) in [6.45, 7) is 0. The summed E-state index contributed by atoms with van der Waals surface area (Å²) < 4.78 is 5.06. The maximum atomic E-state index is 11.0. The monoisotopic (exact) mass is 365 g/mol. The number of methoxy groups -OCH3 is 1. The highest BCUT2D eigenvalue weighted by Gasteiger charge is 2.22. The predicted molar refractivity (Wildman–Crippen MR) is 86.7 cm³/mol. The average Bonchev–Trinajstić information content (AvgIpc) is 2.51. The number of rotatable bonds is 5. The molecule has 0 saturated carbocycles. The van der Waals surface area contributed by atoms with E-state index in [1.807, 2.05) is 18.2 Å². The fourth-order valence-corrected chi connectivity index (χ4v) is 2.27. The van der Waals surface area contributed by atoms with Crippen molar-refractivity contribution < 1.29 is 14.8 Å². The molecule has 2 N–H and O–H groups in total. The topological polar surface area (TPSA) is 97.0 Å². The van der Waals surface area contributed by atoms with Crippen molar-refractivity contribution in [3.63, 3.8) is 0 Å². The number of anilines is 1. The Bertz CT molecular complexity index is 720. The smallest absolute Gasteiger partial charge is 0.288 e. The molecule has 2 rings (SSSR count). The third-order valence-electron chi connectivity index (χ3n) is 2.80. The van der Waals surface area contributed by atoms with E-state index in [1.165, 1.54) is 13.3 Å². The summed E-state index contributed by atoms with van der Waals surface area (Å²) in [5.41, 5.74) is 3.42. The van der Waals surface area contributed by atoms with Crippen molar-refractivity contribution in [3.8, 4) is 11.5 Å². The standard InChI is InChI=1S/C14H12BrN3O4/c1-22-12-7-11(18(20)21)13(15)10(14(12)19)8-16-17-9-5-3-2-4-6-9/h2-8,17,19H,1H3. The van der Waals surface area contributed by atoms with Crippen molar-refractivity contribution in [3.05, 3.63) is 56.5 Å². The van der Waals surface area contributed by atoms with Crippen molar-refractivity contribution in [2.24, 2.45) is 5.10 Å². The first-order chi connectivity index (χ1) is 10.5. The van der Waals surface area contributed by atoms with E-state index in [9.17, 15) is 15.2 Å². The number of nitro benzene ring substituents is 1. The molecule has 0 aliphatic rings. The number of aromatic hydroxyl groups is 1. The third-order valence-corrected chi connectivity index (χ3v) is 3.63. The lowest BCUT2D eigenvalue weighted by atomic mass is 10.1. The highest BCUT2D eigenvalue weighted by atomic mass is 79.9. The Morgan fingerprint density at radius 1 is 1.41 bits per heavy atom. The van der Waals surface area contributed by atoms with Gasteiger partial charge in [-0.25, -0.2) is 0 Å². The Labute approximate surface area is 134 Å². The molecule has 7 nitrogen and oxygen atoms in total. The number of nitro groups is 1. The minimum absolute atomic E-state index is 0.00365. The second-order valence-electron chi connectivity index (χ2n) is 4.17. The van der Waals surface area contributed by atoms with Crippen LogP contribution in [0.4, 0.5) is 11.4 Å². The normalized spacial score (nSPS) is 10.6. The number of ether oxygens (including phenoxy) is 1. The van der Waals surface area contributed by atoms with Gasteiger partial charge in [0.15, 0.2) is 11.5 Å². The Morgan fingerprint density at radius 3 is 2.68 bits per heavy atom. The molecule has 2 aromatic rings. The number of para-hydroxylation sites is 1. The molecule has 0 amide bonds. The number of nitrogens with one attached hydrogen (secondary N) is 1. The first-order valence-corrected chi connectivity index (χ1v) is 6.92. The zero-order chi connectivity index (χ0) is 16.1. The molecule has 22 heavy (non-hydrogen) atoms. The van der Waals surface area contributed by atoms with Gasteiger partial charge in [0.1, 0.15) is 4.47 Å². The number of hydrogen-bond acceptors (Lipinski definition) is 6.